The molecule has 0 aliphatic heterocycles. The molecule has 1 aromatic heterocycles. The van der Waals surface area contributed by atoms with Gasteiger partial charge in [0.25, 0.3) is 0 Å². The van der Waals surface area contributed by atoms with Crippen molar-refractivity contribution in [2.75, 3.05) is 6.61 Å². The zero-order valence-electron chi connectivity index (χ0n) is 11.7. The second-order valence-electron chi connectivity index (χ2n) is 5.33. The lowest BCUT2D eigenvalue weighted by atomic mass is 9.87. The molecular weight excluding hydrogens is 250 g/mol. The molecule has 0 spiro atoms. The number of hydrogen-bond acceptors (Lipinski definition) is 3. The molecule has 0 fully saturated rings. The molecule has 0 radical (unpaired) electrons. The first-order chi connectivity index (χ1) is 9.84. The van der Waals surface area contributed by atoms with Crippen LogP contribution in [0.15, 0.2) is 36.9 Å². The Bertz CT molecular complexity index is 551. The summed E-state index contributed by atoms with van der Waals surface area (Å²) in [6.45, 7) is 1.67. The molecule has 20 heavy (non-hydrogen) atoms. The van der Waals surface area contributed by atoms with E-state index in [1.165, 1.54) is 11.1 Å². The third-order valence-corrected chi connectivity index (χ3v) is 3.89. The van der Waals surface area contributed by atoms with E-state index in [0.29, 0.717) is 0 Å². The molecule has 106 valence electrons. The van der Waals surface area contributed by atoms with Gasteiger partial charge in [-0.3, -0.25) is 0 Å². The van der Waals surface area contributed by atoms with Crippen LogP contribution in [0.25, 0.3) is 0 Å². The molecular formula is C16H21N3O. The zero-order chi connectivity index (χ0) is 13.8. The fourth-order valence-electron chi connectivity index (χ4n) is 2.84. The van der Waals surface area contributed by atoms with Crippen molar-refractivity contribution in [1.29, 1.82) is 0 Å². The summed E-state index contributed by atoms with van der Waals surface area (Å²) in [7, 11) is 0. The number of rotatable bonds is 5. The maximum Gasteiger partial charge on any atom is 0.122 e. The van der Waals surface area contributed by atoms with E-state index >= 15 is 0 Å². The van der Waals surface area contributed by atoms with Crippen LogP contribution in [0.4, 0.5) is 0 Å². The monoisotopic (exact) mass is 271 g/mol. The fraction of sp³-hybridized carbons (Fsp3) is 0.438. The maximum atomic E-state index is 6.17. The van der Waals surface area contributed by atoms with Crippen molar-refractivity contribution >= 4 is 0 Å². The lowest BCUT2D eigenvalue weighted by Gasteiger charge is -2.24. The van der Waals surface area contributed by atoms with E-state index in [4.69, 9.17) is 10.5 Å². The molecule has 2 N–H and O–H groups in total. The smallest absolute Gasteiger partial charge is 0.122 e. The molecule has 1 atom stereocenters. The molecule has 3 rings (SSSR count). The van der Waals surface area contributed by atoms with Gasteiger partial charge in [-0.15, -0.1) is 0 Å². The molecule has 0 saturated carbocycles. The number of aromatic nitrogens is 2. The molecule has 0 saturated heterocycles. The van der Waals surface area contributed by atoms with Gasteiger partial charge in [-0.1, -0.05) is 12.1 Å². The summed E-state index contributed by atoms with van der Waals surface area (Å²) in [6.07, 6.45) is 9.91. The fourth-order valence-corrected chi connectivity index (χ4v) is 2.84. The lowest BCUT2D eigenvalue weighted by molar-refractivity contribution is 0.296. The van der Waals surface area contributed by atoms with Gasteiger partial charge in [0, 0.05) is 25.0 Å². The minimum absolute atomic E-state index is 0.174. The Kier molecular flexibility index (Phi) is 4.02. The number of nitrogens with zero attached hydrogens (tertiary/aromatic N) is 2. The predicted molar refractivity (Wildman–Crippen MR) is 78.6 cm³/mol. The standard InChI is InChI=1S/C16H21N3O/c17-15-6-1-5-14-13(15)4-2-7-16(14)20-11-3-9-19-10-8-18-12-19/h2,4,7-8,10,12,15H,1,3,5-6,9,11,17H2. The van der Waals surface area contributed by atoms with Crippen LogP contribution < -0.4 is 10.5 Å². The number of aryl methyl sites for hydroxylation is 1. The van der Waals surface area contributed by atoms with Gasteiger partial charge in [-0.05, 0) is 42.9 Å². The molecule has 4 heteroatoms. The number of hydrogen-bond donors (Lipinski definition) is 1. The molecule has 1 heterocycles. The van der Waals surface area contributed by atoms with Crippen molar-refractivity contribution in [2.24, 2.45) is 5.73 Å². The lowest BCUT2D eigenvalue weighted by Crippen LogP contribution is -2.18. The van der Waals surface area contributed by atoms with Gasteiger partial charge in [0.1, 0.15) is 5.75 Å². The van der Waals surface area contributed by atoms with E-state index < -0.39 is 0 Å². The Morgan fingerprint density at radius 3 is 3.20 bits per heavy atom. The topological polar surface area (TPSA) is 53.1 Å². The Morgan fingerprint density at radius 2 is 2.35 bits per heavy atom. The Hall–Kier alpha value is -1.81. The highest BCUT2D eigenvalue weighted by Gasteiger charge is 2.19. The van der Waals surface area contributed by atoms with Crippen molar-refractivity contribution in [2.45, 2.75) is 38.3 Å². The molecule has 1 unspecified atom stereocenters. The second-order valence-corrected chi connectivity index (χ2v) is 5.33. The average Bonchev–Trinajstić information content (AvgIpc) is 2.98. The number of nitrogens with two attached hydrogens (primary N) is 1. The highest BCUT2D eigenvalue weighted by atomic mass is 16.5. The number of fused-ring (bicyclic) bond motifs is 1. The highest BCUT2D eigenvalue weighted by Crippen LogP contribution is 2.34. The van der Waals surface area contributed by atoms with E-state index in [0.717, 1.165) is 44.6 Å². The van der Waals surface area contributed by atoms with E-state index in [-0.39, 0.29) is 6.04 Å². The van der Waals surface area contributed by atoms with Gasteiger partial charge in [0.2, 0.25) is 0 Å². The predicted octanol–water partition coefficient (Wildman–Crippen LogP) is 2.69. The number of imidazole rings is 1. The summed E-state index contributed by atoms with van der Waals surface area (Å²) in [4.78, 5) is 4.03. The van der Waals surface area contributed by atoms with E-state index in [2.05, 4.69) is 27.8 Å². The quantitative estimate of drug-likeness (QED) is 0.851. The number of ether oxygens (including phenoxy) is 1. The normalized spacial score (nSPS) is 17.8. The molecule has 0 bridgehead atoms. The third kappa shape index (κ3) is 2.85. The molecule has 1 aliphatic rings. The minimum Gasteiger partial charge on any atom is -0.493 e. The van der Waals surface area contributed by atoms with Crippen LogP contribution >= 0.6 is 0 Å². The first-order valence-corrected chi connectivity index (χ1v) is 7.30. The van der Waals surface area contributed by atoms with Crippen molar-refractivity contribution in [1.82, 2.24) is 9.55 Å². The molecule has 1 aliphatic carbocycles. The van der Waals surface area contributed by atoms with Crippen LogP contribution in [-0.2, 0) is 13.0 Å². The van der Waals surface area contributed by atoms with Crippen LogP contribution in [0.1, 0.15) is 36.4 Å². The van der Waals surface area contributed by atoms with Crippen molar-refractivity contribution in [3.05, 3.63) is 48.0 Å². The summed E-state index contributed by atoms with van der Waals surface area (Å²) < 4.78 is 8.03. The van der Waals surface area contributed by atoms with E-state index in [1.807, 2.05) is 12.5 Å². The third-order valence-electron chi connectivity index (χ3n) is 3.89. The van der Waals surface area contributed by atoms with Gasteiger partial charge in [0.05, 0.1) is 12.9 Å². The van der Waals surface area contributed by atoms with Gasteiger partial charge in [-0.2, -0.15) is 0 Å². The van der Waals surface area contributed by atoms with E-state index in [1.54, 1.807) is 6.20 Å². The number of benzene rings is 1. The van der Waals surface area contributed by atoms with Crippen LogP contribution in [0.5, 0.6) is 5.75 Å². The first-order valence-electron chi connectivity index (χ1n) is 7.30. The maximum absolute atomic E-state index is 6.17. The van der Waals surface area contributed by atoms with Crippen LogP contribution in [0, 0.1) is 0 Å². The zero-order valence-corrected chi connectivity index (χ0v) is 11.7. The van der Waals surface area contributed by atoms with Crippen molar-refractivity contribution in [3.8, 4) is 5.75 Å². The average molecular weight is 271 g/mol. The Labute approximate surface area is 119 Å². The summed E-state index contributed by atoms with van der Waals surface area (Å²) in [5.74, 6) is 1.02. The van der Waals surface area contributed by atoms with E-state index in [9.17, 15) is 0 Å². The van der Waals surface area contributed by atoms with Crippen LogP contribution in [-0.4, -0.2) is 16.2 Å². The van der Waals surface area contributed by atoms with Crippen LogP contribution in [0.2, 0.25) is 0 Å². The largest absolute Gasteiger partial charge is 0.493 e. The molecule has 4 nitrogen and oxygen atoms in total. The van der Waals surface area contributed by atoms with Gasteiger partial charge >= 0.3 is 0 Å². The molecule has 0 amide bonds. The summed E-state index contributed by atoms with van der Waals surface area (Å²) >= 11 is 0. The summed E-state index contributed by atoms with van der Waals surface area (Å²) in [5, 5.41) is 0. The summed E-state index contributed by atoms with van der Waals surface area (Å²) in [6, 6.07) is 6.43. The SMILES string of the molecule is NC1CCCc2c(OCCCn3ccnc3)cccc21. The van der Waals surface area contributed by atoms with Crippen molar-refractivity contribution in [3.63, 3.8) is 0 Å². The molecule has 2 aromatic rings. The Balaban J connectivity index is 1.59. The Morgan fingerprint density at radius 1 is 1.40 bits per heavy atom. The van der Waals surface area contributed by atoms with Crippen LogP contribution in [0.3, 0.4) is 0 Å². The van der Waals surface area contributed by atoms with Crippen molar-refractivity contribution < 1.29 is 4.74 Å². The highest BCUT2D eigenvalue weighted by molar-refractivity contribution is 5.43. The minimum atomic E-state index is 0.174. The second kappa shape index (κ2) is 6.09. The van der Waals surface area contributed by atoms with Gasteiger partial charge in [0.15, 0.2) is 0 Å². The summed E-state index contributed by atoms with van der Waals surface area (Å²) in [5.41, 5.74) is 8.75. The van der Waals surface area contributed by atoms with Gasteiger partial charge in [-0.25, -0.2) is 4.98 Å². The first kappa shape index (κ1) is 13.2. The van der Waals surface area contributed by atoms with Gasteiger partial charge < -0.3 is 15.0 Å². The molecule has 1 aromatic carbocycles.